The van der Waals surface area contributed by atoms with E-state index in [4.69, 9.17) is 5.26 Å². The molecule has 4 nitrogen and oxygen atoms in total. The molecule has 18 heavy (non-hydrogen) atoms. The second-order valence-electron chi connectivity index (χ2n) is 4.07. The van der Waals surface area contributed by atoms with E-state index in [1.165, 1.54) is 11.8 Å². The molecule has 0 saturated carbocycles. The largest absolute Gasteiger partial charge is 0.305 e. The second kappa shape index (κ2) is 5.23. The third-order valence-electron chi connectivity index (χ3n) is 2.68. The van der Waals surface area contributed by atoms with Gasteiger partial charge in [0.1, 0.15) is 0 Å². The van der Waals surface area contributed by atoms with Crippen LogP contribution < -0.4 is 0 Å². The molecule has 5 heteroatoms. The highest BCUT2D eigenvalue weighted by atomic mass is 32.2. The predicted octanol–water partition coefficient (Wildman–Crippen LogP) is 2.79. The van der Waals surface area contributed by atoms with Crippen molar-refractivity contribution in [3.05, 3.63) is 29.8 Å². The van der Waals surface area contributed by atoms with Gasteiger partial charge in [-0.05, 0) is 19.4 Å². The van der Waals surface area contributed by atoms with E-state index in [2.05, 4.69) is 29.3 Å². The van der Waals surface area contributed by atoms with Crippen LogP contribution in [0.3, 0.4) is 0 Å². The summed E-state index contributed by atoms with van der Waals surface area (Å²) < 4.78 is 1.93. The lowest BCUT2D eigenvalue weighted by atomic mass is 10.1. The van der Waals surface area contributed by atoms with Gasteiger partial charge in [0.15, 0.2) is 11.0 Å². The number of rotatable bonds is 3. The minimum atomic E-state index is -0.127. The van der Waals surface area contributed by atoms with Crippen LogP contribution in [0.5, 0.6) is 0 Å². The summed E-state index contributed by atoms with van der Waals surface area (Å²) in [5.74, 6) is 0.834. The Morgan fingerprint density at radius 2 is 2.06 bits per heavy atom. The monoisotopic (exact) mass is 258 g/mol. The summed E-state index contributed by atoms with van der Waals surface area (Å²) in [5, 5.41) is 17.8. The molecular formula is C13H14N4S. The lowest BCUT2D eigenvalue weighted by Crippen LogP contribution is -1.99. The van der Waals surface area contributed by atoms with E-state index >= 15 is 0 Å². The fraction of sp³-hybridized carbons (Fsp3) is 0.308. The summed E-state index contributed by atoms with van der Waals surface area (Å²) in [5.41, 5.74) is 2.24. The number of thioether (sulfide) groups is 1. The van der Waals surface area contributed by atoms with E-state index in [1.54, 1.807) is 0 Å². The number of hydrogen-bond donors (Lipinski definition) is 0. The van der Waals surface area contributed by atoms with E-state index in [0.717, 1.165) is 22.1 Å². The number of nitrogens with zero attached hydrogens (tertiary/aromatic N) is 4. The van der Waals surface area contributed by atoms with Gasteiger partial charge in [0.2, 0.25) is 0 Å². The Hall–Kier alpha value is -1.80. The van der Waals surface area contributed by atoms with Gasteiger partial charge in [0, 0.05) is 12.6 Å². The van der Waals surface area contributed by atoms with Crippen LogP contribution in [-0.4, -0.2) is 20.0 Å². The summed E-state index contributed by atoms with van der Waals surface area (Å²) in [6.07, 6.45) is 0. The molecule has 1 atom stereocenters. The first kappa shape index (κ1) is 12.7. The molecule has 1 heterocycles. The highest BCUT2D eigenvalue weighted by Crippen LogP contribution is 2.26. The molecule has 0 fully saturated rings. The molecule has 1 aromatic heterocycles. The van der Waals surface area contributed by atoms with Crippen molar-refractivity contribution in [2.24, 2.45) is 7.05 Å². The maximum atomic E-state index is 8.83. The van der Waals surface area contributed by atoms with Gasteiger partial charge in [-0.25, -0.2) is 0 Å². The number of aryl methyl sites for hydroxylation is 1. The maximum absolute atomic E-state index is 8.83. The average molecular weight is 258 g/mol. The van der Waals surface area contributed by atoms with Gasteiger partial charge < -0.3 is 4.57 Å². The van der Waals surface area contributed by atoms with Gasteiger partial charge in [0.25, 0.3) is 0 Å². The number of aromatic nitrogens is 3. The first-order chi connectivity index (χ1) is 8.63. The van der Waals surface area contributed by atoms with Crippen molar-refractivity contribution in [3.8, 4) is 17.5 Å². The zero-order valence-electron chi connectivity index (χ0n) is 10.6. The van der Waals surface area contributed by atoms with Crippen molar-refractivity contribution < 1.29 is 0 Å². The van der Waals surface area contributed by atoms with Crippen molar-refractivity contribution >= 4 is 11.8 Å². The molecular weight excluding hydrogens is 244 g/mol. The summed E-state index contributed by atoms with van der Waals surface area (Å²) in [4.78, 5) is 0. The Labute approximate surface area is 111 Å². The normalized spacial score (nSPS) is 12.1. The van der Waals surface area contributed by atoms with Gasteiger partial charge in [-0.1, -0.05) is 36.0 Å². The van der Waals surface area contributed by atoms with Crippen molar-refractivity contribution in [2.45, 2.75) is 24.3 Å². The molecule has 0 spiro atoms. The molecule has 0 bridgehead atoms. The summed E-state index contributed by atoms with van der Waals surface area (Å²) >= 11 is 1.42. The Kier molecular flexibility index (Phi) is 3.68. The molecule has 2 rings (SSSR count). The Bertz CT molecular complexity index is 597. The number of hydrogen-bond acceptors (Lipinski definition) is 4. The van der Waals surface area contributed by atoms with Gasteiger partial charge in [-0.15, -0.1) is 10.2 Å². The number of nitriles is 1. The van der Waals surface area contributed by atoms with Crippen LogP contribution in [0.15, 0.2) is 29.4 Å². The second-order valence-corrected chi connectivity index (χ2v) is 5.38. The molecule has 0 aliphatic carbocycles. The van der Waals surface area contributed by atoms with E-state index in [0.29, 0.717) is 0 Å². The Balaban J connectivity index is 2.38. The third-order valence-corrected chi connectivity index (χ3v) is 3.71. The fourth-order valence-corrected chi connectivity index (χ4v) is 2.36. The van der Waals surface area contributed by atoms with E-state index < -0.39 is 0 Å². The molecule has 92 valence electrons. The van der Waals surface area contributed by atoms with Crippen LogP contribution in [0.2, 0.25) is 0 Å². The van der Waals surface area contributed by atoms with E-state index in [1.807, 2.05) is 36.7 Å². The third kappa shape index (κ3) is 2.39. The average Bonchev–Trinajstić information content (AvgIpc) is 2.72. The summed E-state index contributed by atoms with van der Waals surface area (Å²) in [6, 6.07) is 10.3. The Morgan fingerprint density at radius 3 is 2.72 bits per heavy atom. The van der Waals surface area contributed by atoms with Crippen LogP contribution >= 0.6 is 11.8 Å². The summed E-state index contributed by atoms with van der Waals surface area (Å²) in [6.45, 7) is 3.90. The standard InChI is InChI=1S/C13H14N4S/c1-9-6-4-5-7-11(9)12-15-16-13(17(12)3)18-10(2)8-14/h4-7,10H,1-3H3/t10-/m1/s1. The molecule has 0 saturated heterocycles. The van der Waals surface area contributed by atoms with Gasteiger partial charge in [-0.3, -0.25) is 0 Å². The predicted molar refractivity (Wildman–Crippen MR) is 72.1 cm³/mol. The molecule has 0 amide bonds. The lowest BCUT2D eigenvalue weighted by molar-refractivity contribution is 0.792. The van der Waals surface area contributed by atoms with Crippen LogP contribution in [0.1, 0.15) is 12.5 Å². The van der Waals surface area contributed by atoms with Crippen molar-refractivity contribution in [3.63, 3.8) is 0 Å². The van der Waals surface area contributed by atoms with Crippen LogP contribution in [-0.2, 0) is 7.05 Å². The van der Waals surface area contributed by atoms with Crippen LogP contribution in [0, 0.1) is 18.3 Å². The van der Waals surface area contributed by atoms with Crippen molar-refractivity contribution in [2.75, 3.05) is 0 Å². The fourth-order valence-electron chi connectivity index (χ4n) is 1.66. The minimum absolute atomic E-state index is 0.127. The molecule has 0 N–H and O–H groups in total. The molecule has 0 aliphatic heterocycles. The minimum Gasteiger partial charge on any atom is -0.305 e. The van der Waals surface area contributed by atoms with Crippen LogP contribution in [0.4, 0.5) is 0 Å². The van der Waals surface area contributed by atoms with Crippen molar-refractivity contribution in [1.82, 2.24) is 14.8 Å². The van der Waals surface area contributed by atoms with Crippen LogP contribution in [0.25, 0.3) is 11.4 Å². The molecule has 0 unspecified atom stereocenters. The lowest BCUT2D eigenvalue weighted by Gasteiger charge is -2.06. The first-order valence-electron chi connectivity index (χ1n) is 5.65. The smallest absolute Gasteiger partial charge is 0.192 e. The zero-order chi connectivity index (χ0) is 13.1. The molecule has 0 aliphatic rings. The molecule has 2 aromatic rings. The highest BCUT2D eigenvalue weighted by molar-refractivity contribution is 8.00. The quantitative estimate of drug-likeness (QED) is 0.794. The molecule has 0 radical (unpaired) electrons. The maximum Gasteiger partial charge on any atom is 0.192 e. The van der Waals surface area contributed by atoms with Gasteiger partial charge in [0.05, 0.1) is 11.3 Å². The molecule has 1 aromatic carbocycles. The van der Waals surface area contributed by atoms with Crippen molar-refractivity contribution in [1.29, 1.82) is 5.26 Å². The topological polar surface area (TPSA) is 54.5 Å². The summed E-state index contributed by atoms with van der Waals surface area (Å²) in [7, 11) is 1.92. The highest BCUT2D eigenvalue weighted by Gasteiger charge is 2.14. The first-order valence-corrected chi connectivity index (χ1v) is 6.53. The van der Waals surface area contributed by atoms with E-state index in [9.17, 15) is 0 Å². The van der Waals surface area contributed by atoms with E-state index in [-0.39, 0.29) is 5.25 Å². The number of benzene rings is 1. The zero-order valence-corrected chi connectivity index (χ0v) is 11.4. The Morgan fingerprint density at radius 1 is 1.33 bits per heavy atom. The van der Waals surface area contributed by atoms with Gasteiger partial charge in [-0.2, -0.15) is 5.26 Å². The SMILES string of the molecule is Cc1ccccc1-c1nnc(S[C@H](C)C#N)n1C. The van der Waals surface area contributed by atoms with Gasteiger partial charge >= 0.3 is 0 Å².